The lowest BCUT2D eigenvalue weighted by molar-refractivity contribution is 0.766. The van der Waals surface area contributed by atoms with Crippen LogP contribution in [0.15, 0.2) is 42.7 Å². The lowest BCUT2D eigenvalue weighted by Gasteiger charge is -2.09. The summed E-state index contributed by atoms with van der Waals surface area (Å²) in [5.74, 6) is 0. The van der Waals surface area contributed by atoms with E-state index in [9.17, 15) is 0 Å². The van der Waals surface area contributed by atoms with Crippen LogP contribution in [0.4, 0.5) is 5.69 Å². The van der Waals surface area contributed by atoms with Gasteiger partial charge in [0, 0.05) is 25.5 Å². The van der Waals surface area contributed by atoms with Crippen molar-refractivity contribution in [1.82, 2.24) is 15.1 Å². The predicted molar refractivity (Wildman–Crippen MR) is 77.6 cm³/mol. The number of hydrogen-bond acceptors (Lipinski definition) is 2. The molecule has 18 heavy (non-hydrogen) atoms. The molecule has 0 atom stereocenters. The number of nitrogens with one attached hydrogen (secondary N) is 2. The van der Waals surface area contributed by atoms with E-state index in [4.69, 9.17) is 12.2 Å². The van der Waals surface area contributed by atoms with E-state index in [1.54, 1.807) is 4.68 Å². The molecule has 0 aliphatic carbocycles. The molecule has 1 aromatic heterocycles. The molecule has 1 heterocycles. The molecular formula is C13H16N4S. The maximum atomic E-state index is 5.21. The predicted octanol–water partition coefficient (Wildman–Crippen LogP) is 1.95. The standard InChI is InChI=1S/C13H16N4S/c1-17-10-11(9-15-17)7-8-14-13(18)16-12-5-3-2-4-6-12/h2-6,9-10H,7-8H2,1H3,(H2,14,16,18). The number of benzene rings is 1. The Labute approximate surface area is 112 Å². The van der Waals surface area contributed by atoms with E-state index in [2.05, 4.69) is 15.7 Å². The number of aromatic nitrogens is 2. The third kappa shape index (κ3) is 3.85. The number of anilines is 1. The van der Waals surface area contributed by atoms with Crippen molar-refractivity contribution in [3.8, 4) is 0 Å². The Balaban J connectivity index is 1.72. The Kier molecular flexibility index (Phi) is 4.30. The largest absolute Gasteiger partial charge is 0.362 e. The normalized spacial score (nSPS) is 10.1. The van der Waals surface area contributed by atoms with Crippen LogP contribution in [0.5, 0.6) is 0 Å². The second kappa shape index (κ2) is 6.16. The highest BCUT2D eigenvalue weighted by Crippen LogP contribution is 2.04. The topological polar surface area (TPSA) is 41.9 Å². The van der Waals surface area contributed by atoms with Gasteiger partial charge in [0.2, 0.25) is 0 Å². The summed E-state index contributed by atoms with van der Waals surface area (Å²) in [6, 6.07) is 9.88. The second-order valence-electron chi connectivity index (χ2n) is 4.02. The molecule has 4 nitrogen and oxygen atoms in total. The van der Waals surface area contributed by atoms with Crippen LogP contribution in [-0.4, -0.2) is 21.4 Å². The molecule has 2 rings (SSSR count). The van der Waals surface area contributed by atoms with Gasteiger partial charge < -0.3 is 10.6 Å². The summed E-state index contributed by atoms with van der Waals surface area (Å²) in [5, 5.41) is 11.1. The zero-order valence-electron chi connectivity index (χ0n) is 10.3. The molecule has 2 aromatic rings. The third-order valence-corrected chi connectivity index (χ3v) is 2.74. The highest BCUT2D eigenvalue weighted by atomic mass is 32.1. The van der Waals surface area contributed by atoms with Gasteiger partial charge >= 0.3 is 0 Å². The van der Waals surface area contributed by atoms with E-state index in [0.717, 1.165) is 18.7 Å². The molecule has 0 radical (unpaired) electrons. The molecule has 2 N–H and O–H groups in total. The zero-order chi connectivity index (χ0) is 12.8. The fourth-order valence-electron chi connectivity index (χ4n) is 1.62. The fraction of sp³-hybridized carbons (Fsp3) is 0.231. The van der Waals surface area contributed by atoms with Gasteiger partial charge in [-0.15, -0.1) is 0 Å². The van der Waals surface area contributed by atoms with Crippen molar-refractivity contribution in [1.29, 1.82) is 0 Å². The summed E-state index contributed by atoms with van der Waals surface area (Å²) in [7, 11) is 1.92. The van der Waals surface area contributed by atoms with Crippen molar-refractivity contribution >= 4 is 23.0 Å². The first-order chi connectivity index (χ1) is 8.74. The summed E-state index contributed by atoms with van der Waals surface area (Å²) in [6.45, 7) is 0.796. The number of nitrogens with zero attached hydrogens (tertiary/aromatic N) is 2. The zero-order valence-corrected chi connectivity index (χ0v) is 11.1. The molecule has 94 valence electrons. The summed E-state index contributed by atoms with van der Waals surface area (Å²) in [4.78, 5) is 0. The van der Waals surface area contributed by atoms with Crippen LogP contribution in [0.1, 0.15) is 5.56 Å². The van der Waals surface area contributed by atoms with E-state index in [-0.39, 0.29) is 0 Å². The molecule has 0 spiro atoms. The average molecular weight is 260 g/mol. The van der Waals surface area contributed by atoms with Gasteiger partial charge in [-0.3, -0.25) is 4.68 Å². The minimum Gasteiger partial charge on any atom is -0.362 e. The van der Waals surface area contributed by atoms with E-state index in [1.807, 2.05) is 49.8 Å². The Morgan fingerprint density at radius 3 is 2.78 bits per heavy atom. The molecule has 0 aliphatic rings. The first-order valence-electron chi connectivity index (χ1n) is 5.81. The maximum absolute atomic E-state index is 5.21. The Morgan fingerprint density at radius 1 is 1.33 bits per heavy atom. The minimum atomic E-state index is 0.644. The molecule has 0 saturated heterocycles. The molecule has 0 bridgehead atoms. The SMILES string of the molecule is Cn1cc(CCNC(=S)Nc2ccccc2)cn1. The lowest BCUT2D eigenvalue weighted by Crippen LogP contribution is -2.30. The third-order valence-electron chi connectivity index (χ3n) is 2.49. The molecule has 0 amide bonds. The van der Waals surface area contributed by atoms with E-state index < -0.39 is 0 Å². The van der Waals surface area contributed by atoms with Crippen molar-refractivity contribution in [3.63, 3.8) is 0 Å². The summed E-state index contributed by atoms with van der Waals surface area (Å²) in [5.41, 5.74) is 2.20. The summed E-state index contributed by atoms with van der Waals surface area (Å²) >= 11 is 5.21. The highest BCUT2D eigenvalue weighted by molar-refractivity contribution is 7.80. The van der Waals surface area contributed by atoms with Crippen LogP contribution < -0.4 is 10.6 Å². The van der Waals surface area contributed by atoms with Gasteiger partial charge in [0.1, 0.15) is 0 Å². The van der Waals surface area contributed by atoms with Crippen molar-refractivity contribution in [2.75, 3.05) is 11.9 Å². The summed E-state index contributed by atoms with van der Waals surface area (Å²) in [6.07, 6.45) is 4.79. The number of rotatable bonds is 4. The quantitative estimate of drug-likeness (QED) is 0.825. The van der Waals surface area contributed by atoms with Gasteiger partial charge in [-0.2, -0.15) is 5.10 Å². The molecule has 0 fully saturated rings. The van der Waals surface area contributed by atoms with Gasteiger partial charge in [0.05, 0.1) is 6.20 Å². The van der Waals surface area contributed by atoms with Crippen LogP contribution in [0.3, 0.4) is 0 Å². The van der Waals surface area contributed by atoms with Gasteiger partial charge in [0.15, 0.2) is 5.11 Å². The van der Waals surface area contributed by atoms with Gasteiger partial charge in [-0.05, 0) is 36.3 Å². The smallest absolute Gasteiger partial charge is 0.170 e. The van der Waals surface area contributed by atoms with E-state index >= 15 is 0 Å². The van der Waals surface area contributed by atoms with Gasteiger partial charge in [0.25, 0.3) is 0 Å². The van der Waals surface area contributed by atoms with Crippen LogP contribution in [0, 0.1) is 0 Å². The van der Waals surface area contributed by atoms with Crippen LogP contribution in [0.25, 0.3) is 0 Å². The van der Waals surface area contributed by atoms with Gasteiger partial charge in [-0.1, -0.05) is 18.2 Å². The van der Waals surface area contributed by atoms with Crippen LogP contribution >= 0.6 is 12.2 Å². The molecule has 0 unspecified atom stereocenters. The monoisotopic (exact) mass is 260 g/mol. The lowest BCUT2D eigenvalue weighted by atomic mass is 10.2. The van der Waals surface area contributed by atoms with E-state index in [1.165, 1.54) is 5.56 Å². The first kappa shape index (κ1) is 12.6. The highest BCUT2D eigenvalue weighted by Gasteiger charge is 1.98. The van der Waals surface area contributed by atoms with Gasteiger partial charge in [-0.25, -0.2) is 0 Å². The van der Waals surface area contributed by atoms with Crippen molar-refractivity contribution in [2.24, 2.45) is 7.05 Å². The molecular weight excluding hydrogens is 244 g/mol. The number of thiocarbonyl (C=S) groups is 1. The van der Waals surface area contributed by atoms with E-state index in [0.29, 0.717) is 5.11 Å². The Bertz CT molecular complexity index is 507. The molecule has 1 aromatic carbocycles. The average Bonchev–Trinajstić information content (AvgIpc) is 2.76. The molecule has 5 heteroatoms. The van der Waals surface area contributed by atoms with Crippen LogP contribution in [0.2, 0.25) is 0 Å². The van der Waals surface area contributed by atoms with Crippen molar-refractivity contribution in [3.05, 3.63) is 48.3 Å². The number of aryl methyl sites for hydroxylation is 1. The summed E-state index contributed by atoms with van der Waals surface area (Å²) < 4.78 is 1.80. The molecule has 0 saturated carbocycles. The van der Waals surface area contributed by atoms with Crippen molar-refractivity contribution < 1.29 is 0 Å². The fourth-order valence-corrected chi connectivity index (χ4v) is 1.84. The number of para-hydroxylation sites is 1. The Morgan fingerprint density at radius 2 is 2.11 bits per heavy atom. The first-order valence-corrected chi connectivity index (χ1v) is 6.22. The van der Waals surface area contributed by atoms with Crippen molar-refractivity contribution in [2.45, 2.75) is 6.42 Å². The Hall–Kier alpha value is -1.88. The minimum absolute atomic E-state index is 0.644. The number of hydrogen-bond donors (Lipinski definition) is 2. The maximum Gasteiger partial charge on any atom is 0.170 e. The molecule has 0 aliphatic heterocycles. The second-order valence-corrected chi connectivity index (χ2v) is 4.43. The van der Waals surface area contributed by atoms with Crippen LogP contribution in [-0.2, 0) is 13.5 Å².